The lowest BCUT2D eigenvalue weighted by molar-refractivity contribution is -0.163. The van der Waals surface area contributed by atoms with Gasteiger partial charge in [0.15, 0.2) is 0 Å². The fraction of sp³-hybridized carbons (Fsp3) is 0.929. The first-order chi connectivity index (χ1) is 8.17. The average Bonchev–Trinajstić information content (AvgIpc) is 2.33. The monoisotopic (exact) mass is 260 g/mol. The van der Waals surface area contributed by atoms with E-state index in [1.165, 1.54) is 0 Å². The van der Waals surface area contributed by atoms with E-state index in [1.807, 2.05) is 34.6 Å². The van der Waals surface area contributed by atoms with Crippen molar-refractivity contribution in [3.05, 3.63) is 0 Å². The van der Waals surface area contributed by atoms with Crippen molar-refractivity contribution in [2.75, 3.05) is 13.2 Å². The summed E-state index contributed by atoms with van der Waals surface area (Å²) in [5, 5.41) is 9.33. The van der Waals surface area contributed by atoms with Crippen LogP contribution < -0.4 is 0 Å². The van der Waals surface area contributed by atoms with E-state index in [0.29, 0.717) is 0 Å². The van der Waals surface area contributed by atoms with Gasteiger partial charge in [-0.2, -0.15) is 0 Å². The summed E-state index contributed by atoms with van der Waals surface area (Å²) in [5.41, 5.74) is -1.29. The number of hydrogen-bond acceptors (Lipinski definition) is 3. The van der Waals surface area contributed by atoms with E-state index in [4.69, 9.17) is 9.47 Å². The third kappa shape index (κ3) is 5.83. The molecule has 0 rings (SSSR count). The molecule has 1 N–H and O–H groups in total. The lowest BCUT2D eigenvalue weighted by atomic mass is 9.92. The summed E-state index contributed by atoms with van der Waals surface area (Å²) in [6.07, 6.45) is 1.79. The molecule has 0 heterocycles. The summed E-state index contributed by atoms with van der Waals surface area (Å²) in [7, 11) is 0. The van der Waals surface area contributed by atoms with Crippen molar-refractivity contribution < 1.29 is 19.4 Å². The van der Waals surface area contributed by atoms with Gasteiger partial charge in [0.1, 0.15) is 5.41 Å². The highest BCUT2D eigenvalue weighted by molar-refractivity contribution is 5.74. The number of carboxylic acids is 1. The van der Waals surface area contributed by atoms with Crippen molar-refractivity contribution in [2.24, 2.45) is 5.41 Å². The first-order valence-corrected chi connectivity index (χ1v) is 6.66. The van der Waals surface area contributed by atoms with Crippen LogP contribution >= 0.6 is 0 Å². The maximum Gasteiger partial charge on any atom is 0.314 e. The third-order valence-corrected chi connectivity index (χ3v) is 3.41. The van der Waals surface area contributed by atoms with Crippen LogP contribution in [0.15, 0.2) is 0 Å². The van der Waals surface area contributed by atoms with Gasteiger partial charge in [-0.25, -0.2) is 0 Å². The molecule has 4 heteroatoms. The van der Waals surface area contributed by atoms with E-state index in [0.717, 1.165) is 12.8 Å². The summed E-state index contributed by atoms with van der Waals surface area (Å²) in [6.45, 7) is 11.9. The molecule has 0 aromatic rings. The number of rotatable bonds is 9. The first-order valence-electron chi connectivity index (χ1n) is 6.66. The van der Waals surface area contributed by atoms with Gasteiger partial charge in [-0.05, 0) is 40.5 Å². The number of aliphatic carboxylic acids is 1. The molecule has 108 valence electrons. The predicted molar refractivity (Wildman–Crippen MR) is 71.8 cm³/mol. The molecular weight excluding hydrogens is 232 g/mol. The number of hydrogen-bond donors (Lipinski definition) is 1. The zero-order valence-electron chi connectivity index (χ0n) is 12.6. The van der Waals surface area contributed by atoms with Gasteiger partial charge in [0.05, 0.1) is 24.9 Å². The Kier molecular flexibility index (Phi) is 6.86. The number of carboxylic acid groups (broad SMARTS) is 1. The molecule has 18 heavy (non-hydrogen) atoms. The van der Waals surface area contributed by atoms with E-state index in [1.54, 1.807) is 6.92 Å². The Bertz CT molecular complexity index is 263. The lowest BCUT2D eigenvalue weighted by Crippen LogP contribution is -2.41. The minimum Gasteiger partial charge on any atom is -0.481 e. The van der Waals surface area contributed by atoms with E-state index in [-0.39, 0.29) is 24.9 Å². The fourth-order valence-electron chi connectivity index (χ4n) is 1.07. The zero-order chi connectivity index (χ0) is 14.4. The van der Waals surface area contributed by atoms with Crippen molar-refractivity contribution in [1.29, 1.82) is 0 Å². The first kappa shape index (κ1) is 17.4. The maximum absolute atomic E-state index is 11.4. The molecule has 0 aliphatic heterocycles. The highest BCUT2D eigenvalue weighted by Crippen LogP contribution is 2.24. The Morgan fingerprint density at radius 2 is 1.78 bits per heavy atom. The minimum atomic E-state index is -0.990. The molecule has 0 aliphatic rings. The molecule has 0 aromatic carbocycles. The summed E-state index contributed by atoms with van der Waals surface area (Å²) < 4.78 is 11.3. The molecule has 4 nitrogen and oxygen atoms in total. The van der Waals surface area contributed by atoms with Gasteiger partial charge in [-0.3, -0.25) is 4.79 Å². The van der Waals surface area contributed by atoms with Crippen molar-refractivity contribution in [1.82, 2.24) is 0 Å². The van der Waals surface area contributed by atoms with Crippen molar-refractivity contribution in [3.63, 3.8) is 0 Å². The topological polar surface area (TPSA) is 55.8 Å². The van der Waals surface area contributed by atoms with Crippen molar-refractivity contribution in [3.8, 4) is 0 Å². The molecule has 0 aromatic heterocycles. The Morgan fingerprint density at radius 1 is 1.22 bits per heavy atom. The van der Waals surface area contributed by atoms with Crippen LogP contribution in [-0.4, -0.2) is 36.0 Å². The van der Waals surface area contributed by atoms with Crippen LogP contribution in [0.3, 0.4) is 0 Å². The summed E-state index contributed by atoms with van der Waals surface area (Å²) in [5.74, 6) is -0.877. The van der Waals surface area contributed by atoms with Crippen LogP contribution in [0.2, 0.25) is 0 Å². The van der Waals surface area contributed by atoms with Crippen LogP contribution in [-0.2, 0) is 14.3 Å². The van der Waals surface area contributed by atoms with Gasteiger partial charge in [-0.15, -0.1) is 0 Å². The lowest BCUT2D eigenvalue weighted by Gasteiger charge is -2.31. The average molecular weight is 260 g/mol. The molecule has 0 aliphatic carbocycles. The Hall–Kier alpha value is -0.610. The highest BCUT2D eigenvalue weighted by Gasteiger charge is 2.36. The standard InChI is InChI=1S/C14H28O4/c1-7-11(3)17-9-14(6,12(15)16)10-18-13(4,5)8-2/h11H,7-10H2,1-6H3,(H,15,16)/t11-,14?/m1/s1. The van der Waals surface area contributed by atoms with Gasteiger partial charge in [0.25, 0.3) is 0 Å². The molecule has 2 atom stereocenters. The Morgan fingerprint density at radius 3 is 2.17 bits per heavy atom. The second-order valence-electron chi connectivity index (χ2n) is 5.80. The summed E-state index contributed by atoms with van der Waals surface area (Å²) in [4.78, 5) is 11.4. The van der Waals surface area contributed by atoms with Crippen molar-refractivity contribution >= 4 is 5.97 Å². The normalized spacial score (nSPS) is 17.2. The SMILES string of the molecule is CC[C@@H](C)OCC(C)(COC(C)(C)CC)C(=O)O. The quantitative estimate of drug-likeness (QED) is 0.692. The molecular formula is C14H28O4. The van der Waals surface area contributed by atoms with Crippen LogP contribution in [0, 0.1) is 5.41 Å². The van der Waals surface area contributed by atoms with E-state index in [9.17, 15) is 9.90 Å². The van der Waals surface area contributed by atoms with E-state index < -0.39 is 11.4 Å². The van der Waals surface area contributed by atoms with Crippen LogP contribution in [0.4, 0.5) is 0 Å². The molecule has 0 saturated heterocycles. The van der Waals surface area contributed by atoms with E-state index in [2.05, 4.69) is 0 Å². The van der Waals surface area contributed by atoms with Gasteiger partial charge in [0.2, 0.25) is 0 Å². The van der Waals surface area contributed by atoms with E-state index >= 15 is 0 Å². The number of ether oxygens (including phenoxy) is 2. The second-order valence-corrected chi connectivity index (χ2v) is 5.80. The Balaban J connectivity index is 4.49. The van der Waals surface area contributed by atoms with Crippen LogP contribution in [0.5, 0.6) is 0 Å². The Labute approximate surface area is 111 Å². The maximum atomic E-state index is 11.4. The largest absolute Gasteiger partial charge is 0.481 e. The van der Waals surface area contributed by atoms with Crippen LogP contribution in [0.1, 0.15) is 54.4 Å². The third-order valence-electron chi connectivity index (χ3n) is 3.41. The van der Waals surface area contributed by atoms with Gasteiger partial charge in [-0.1, -0.05) is 13.8 Å². The van der Waals surface area contributed by atoms with Gasteiger partial charge >= 0.3 is 5.97 Å². The molecule has 0 fully saturated rings. The molecule has 0 saturated carbocycles. The minimum absolute atomic E-state index is 0.0721. The van der Waals surface area contributed by atoms with Crippen LogP contribution in [0.25, 0.3) is 0 Å². The molecule has 0 bridgehead atoms. The van der Waals surface area contributed by atoms with Gasteiger partial charge < -0.3 is 14.6 Å². The highest BCUT2D eigenvalue weighted by atomic mass is 16.5. The van der Waals surface area contributed by atoms with Gasteiger partial charge in [0, 0.05) is 0 Å². The fourth-order valence-corrected chi connectivity index (χ4v) is 1.07. The zero-order valence-corrected chi connectivity index (χ0v) is 12.6. The molecule has 0 spiro atoms. The molecule has 0 amide bonds. The van der Waals surface area contributed by atoms with Crippen molar-refractivity contribution in [2.45, 2.75) is 66.1 Å². The summed E-state index contributed by atoms with van der Waals surface area (Å²) >= 11 is 0. The number of carbonyl (C=O) groups is 1. The second kappa shape index (κ2) is 7.10. The smallest absolute Gasteiger partial charge is 0.314 e. The molecule has 0 radical (unpaired) electrons. The summed E-state index contributed by atoms with van der Waals surface area (Å²) in [6, 6.07) is 0. The predicted octanol–water partition coefficient (Wildman–Crippen LogP) is 3.10. The molecule has 1 unspecified atom stereocenters.